The minimum absolute atomic E-state index is 0.215. The first-order valence-electron chi connectivity index (χ1n) is 7.98. The summed E-state index contributed by atoms with van der Waals surface area (Å²) in [7, 11) is 0. The number of benzene rings is 1. The number of ether oxygens (including phenoxy) is 1. The van der Waals surface area contributed by atoms with Crippen LogP contribution in [-0.4, -0.2) is 29.1 Å². The number of hydrogen-bond donors (Lipinski definition) is 1. The smallest absolute Gasteiger partial charge is 0.317 e. The SMILES string of the molecule is CCOc1ncccc1CNC(=O)N(CC)Cc1cccc(F)c1. The third-order valence-electron chi connectivity index (χ3n) is 3.49. The Labute approximate surface area is 141 Å². The van der Waals surface area contributed by atoms with Gasteiger partial charge in [0.15, 0.2) is 0 Å². The molecule has 2 rings (SSSR count). The second-order valence-corrected chi connectivity index (χ2v) is 5.20. The van der Waals surface area contributed by atoms with Gasteiger partial charge >= 0.3 is 6.03 Å². The Hall–Kier alpha value is -2.63. The van der Waals surface area contributed by atoms with Crippen molar-refractivity contribution in [2.45, 2.75) is 26.9 Å². The fourth-order valence-electron chi connectivity index (χ4n) is 2.29. The quantitative estimate of drug-likeness (QED) is 0.846. The summed E-state index contributed by atoms with van der Waals surface area (Å²) in [6.07, 6.45) is 1.65. The third kappa shape index (κ3) is 4.94. The van der Waals surface area contributed by atoms with Crippen molar-refractivity contribution in [2.75, 3.05) is 13.2 Å². The molecular weight excluding hydrogens is 309 g/mol. The number of urea groups is 1. The molecule has 5 nitrogen and oxygen atoms in total. The number of amides is 2. The molecule has 2 aromatic rings. The number of aromatic nitrogens is 1. The zero-order chi connectivity index (χ0) is 17.4. The molecule has 1 N–H and O–H groups in total. The molecule has 24 heavy (non-hydrogen) atoms. The van der Waals surface area contributed by atoms with Gasteiger partial charge in [-0.1, -0.05) is 18.2 Å². The van der Waals surface area contributed by atoms with Crippen LogP contribution < -0.4 is 10.1 Å². The number of hydrogen-bond acceptors (Lipinski definition) is 3. The van der Waals surface area contributed by atoms with E-state index in [1.165, 1.54) is 12.1 Å². The lowest BCUT2D eigenvalue weighted by atomic mass is 10.2. The zero-order valence-electron chi connectivity index (χ0n) is 14.0. The first kappa shape index (κ1) is 17.7. The van der Waals surface area contributed by atoms with Gasteiger partial charge < -0.3 is 15.0 Å². The van der Waals surface area contributed by atoms with Crippen LogP contribution in [0.15, 0.2) is 42.6 Å². The minimum Gasteiger partial charge on any atom is -0.478 e. The summed E-state index contributed by atoms with van der Waals surface area (Å²) < 4.78 is 18.7. The van der Waals surface area contributed by atoms with Gasteiger partial charge in [0.2, 0.25) is 5.88 Å². The molecular formula is C18H22FN3O2. The third-order valence-corrected chi connectivity index (χ3v) is 3.49. The van der Waals surface area contributed by atoms with Gasteiger partial charge in [-0.15, -0.1) is 0 Å². The number of nitrogens with one attached hydrogen (secondary N) is 1. The number of carbonyl (C=O) groups is 1. The molecule has 0 saturated carbocycles. The Kier molecular flexibility index (Phi) is 6.54. The Morgan fingerprint density at radius 3 is 2.83 bits per heavy atom. The van der Waals surface area contributed by atoms with Crippen molar-refractivity contribution in [3.63, 3.8) is 0 Å². The molecule has 128 valence electrons. The van der Waals surface area contributed by atoms with Crippen LogP contribution >= 0.6 is 0 Å². The largest absolute Gasteiger partial charge is 0.478 e. The molecule has 0 fully saturated rings. The fourth-order valence-corrected chi connectivity index (χ4v) is 2.29. The van der Waals surface area contributed by atoms with Crippen LogP contribution in [0.3, 0.4) is 0 Å². The predicted octanol–water partition coefficient (Wildman–Crippen LogP) is 3.35. The molecule has 0 aliphatic heterocycles. The van der Waals surface area contributed by atoms with Crippen LogP contribution in [-0.2, 0) is 13.1 Å². The molecule has 0 aliphatic rings. The normalized spacial score (nSPS) is 10.3. The van der Waals surface area contributed by atoms with E-state index >= 15 is 0 Å². The summed E-state index contributed by atoms with van der Waals surface area (Å²) in [4.78, 5) is 18.1. The van der Waals surface area contributed by atoms with Gasteiger partial charge in [0.25, 0.3) is 0 Å². The molecule has 0 aliphatic carbocycles. The summed E-state index contributed by atoms with van der Waals surface area (Å²) >= 11 is 0. The fraction of sp³-hybridized carbons (Fsp3) is 0.333. The van der Waals surface area contributed by atoms with E-state index < -0.39 is 0 Å². The number of pyridine rings is 1. The van der Waals surface area contributed by atoms with Crippen LogP contribution in [0.5, 0.6) is 5.88 Å². The van der Waals surface area contributed by atoms with Gasteiger partial charge in [-0.3, -0.25) is 0 Å². The van der Waals surface area contributed by atoms with Crippen molar-refractivity contribution in [1.29, 1.82) is 0 Å². The van der Waals surface area contributed by atoms with E-state index in [1.807, 2.05) is 19.9 Å². The predicted molar refractivity (Wildman–Crippen MR) is 90.1 cm³/mol. The highest BCUT2D eigenvalue weighted by atomic mass is 19.1. The van der Waals surface area contributed by atoms with Crippen LogP contribution in [0.2, 0.25) is 0 Å². The molecule has 0 saturated heterocycles. The number of carbonyl (C=O) groups excluding carboxylic acids is 1. The second kappa shape index (κ2) is 8.86. The van der Waals surface area contributed by atoms with E-state index in [0.29, 0.717) is 32.1 Å². The average Bonchev–Trinajstić information content (AvgIpc) is 2.59. The van der Waals surface area contributed by atoms with Gasteiger partial charge in [-0.25, -0.2) is 14.2 Å². The summed E-state index contributed by atoms with van der Waals surface area (Å²) in [5.74, 6) is 0.217. The van der Waals surface area contributed by atoms with Gasteiger partial charge in [0.05, 0.1) is 6.61 Å². The number of rotatable bonds is 7. The highest BCUT2D eigenvalue weighted by molar-refractivity contribution is 5.74. The summed E-state index contributed by atoms with van der Waals surface area (Å²) in [6, 6.07) is 9.71. The first-order valence-corrected chi connectivity index (χ1v) is 7.98. The van der Waals surface area contributed by atoms with Crippen LogP contribution in [0.1, 0.15) is 25.0 Å². The minimum atomic E-state index is -0.305. The van der Waals surface area contributed by atoms with Crippen molar-refractivity contribution < 1.29 is 13.9 Å². The standard InChI is InChI=1S/C18H22FN3O2/c1-3-22(13-14-7-5-9-16(19)11-14)18(23)21-12-15-8-6-10-20-17(15)24-4-2/h5-11H,3-4,12-13H2,1-2H3,(H,21,23). The van der Waals surface area contributed by atoms with Gasteiger partial charge in [0, 0.05) is 31.4 Å². The molecule has 0 unspecified atom stereocenters. The highest BCUT2D eigenvalue weighted by Gasteiger charge is 2.13. The van der Waals surface area contributed by atoms with Crippen molar-refractivity contribution >= 4 is 6.03 Å². The average molecular weight is 331 g/mol. The Balaban J connectivity index is 1.97. The van der Waals surface area contributed by atoms with Crippen molar-refractivity contribution in [2.24, 2.45) is 0 Å². The van der Waals surface area contributed by atoms with E-state index in [1.54, 1.807) is 29.3 Å². The second-order valence-electron chi connectivity index (χ2n) is 5.20. The van der Waals surface area contributed by atoms with Gasteiger partial charge in [-0.05, 0) is 37.6 Å². The van der Waals surface area contributed by atoms with E-state index in [-0.39, 0.29) is 11.8 Å². The number of halogens is 1. The monoisotopic (exact) mass is 331 g/mol. The lowest BCUT2D eigenvalue weighted by Gasteiger charge is -2.22. The molecule has 1 aromatic heterocycles. The van der Waals surface area contributed by atoms with Gasteiger partial charge in [0.1, 0.15) is 5.82 Å². The van der Waals surface area contributed by atoms with E-state index in [4.69, 9.17) is 4.74 Å². The molecule has 2 amide bonds. The van der Waals surface area contributed by atoms with Crippen LogP contribution in [0.4, 0.5) is 9.18 Å². The van der Waals surface area contributed by atoms with Crippen molar-refractivity contribution in [1.82, 2.24) is 15.2 Å². The first-order chi connectivity index (χ1) is 11.6. The molecule has 0 radical (unpaired) electrons. The van der Waals surface area contributed by atoms with E-state index in [0.717, 1.165) is 11.1 Å². The highest BCUT2D eigenvalue weighted by Crippen LogP contribution is 2.14. The molecule has 1 heterocycles. The number of nitrogens with zero attached hydrogens (tertiary/aromatic N) is 2. The lowest BCUT2D eigenvalue weighted by Crippen LogP contribution is -2.39. The maximum absolute atomic E-state index is 13.3. The summed E-state index contributed by atoms with van der Waals surface area (Å²) in [5, 5.41) is 2.86. The zero-order valence-corrected chi connectivity index (χ0v) is 14.0. The molecule has 6 heteroatoms. The van der Waals surface area contributed by atoms with Crippen molar-refractivity contribution in [3.8, 4) is 5.88 Å². The van der Waals surface area contributed by atoms with Crippen LogP contribution in [0, 0.1) is 5.82 Å². The summed E-state index contributed by atoms with van der Waals surface area (Å²) in [5.41, 5.74) is 1.57. The Morgan fingerprint density at radius 2 is 2.12 bits per heavy atom. The van der Waals surface area contributed by atoms with E-state index in [9.17, 15) is 9.18 Å². The van der Waals surface area contributed by atoms with E-state index in [2.05, 4.69) is 10.3 Å². The molecule has 0 spiro atoms. The Bertz CT molecular complexity index is 679. The Morgan fingerprint density at radius 1 is 1.29 bits per heavy atom. The van der Waals surface area contributed by atoms with Crippen LogP contribution in [0.25, 0.3) is 0 Å². The molecule has 1 aromatic carbocycles. The lowest BCUT2D eigenvalue weighted by molar-refractivity contribution is 0.197. The maximum Gasteiger partial charge on any atom is 0.317 e. The maximum atomic E-state index is 13.3. The van der Waals surface area contributed by atoms with Crippen molar-refractivity contribution in [3.05, 3.63) is 59.5 Å². The molecule has 0 bridgehead atoms. The summed E-state index contributed by atoms with van der Waals surface area (Å²) in [6.45, 7) is 5.48. The topological polar surface area (TPSA) is 54.5 Å². The van der Waals surface area contributed by atoms with Gasteiger partial charge in [-0.2, -0.15) is 0 Å². The molecule has 0 atom stereocenters.